The Hall–Kier alpha value is -0.950. The topological polar surface area (TPSA) is 64.6 Å². The largest absolute Gasteiger partial charge is 0.296 e. The van der Waals surface area contributed by atoms with Gasteiger partial charge < -0.3 is 0 Å². The van der Waals surface area contributed by atoms with Crippen LogP contribution in [0.5, 0.6) is 0 Å². The molecule has 0 fully saturated rings. The summed E-state index contributed by atoms with van der Waals surface area (Å²) in [6.07, 6.45) is 2.48. The quantitative estimate of drug-likeness (QED) is 0.428. The summed E-state index contributed by atoms with van der Waals surface area (Å²) in [6.45, 7) is 8.78. The Bertz CT molecular complexity index is 532. The third kappa shape index (κ3) is 7.89. The van der Waals surface area contributed by atoms with Crippen LogP contribution in [-0.4, -0.2) is 27.2 Å². The van der Waals surface area contributed by atoms with Gasteiger partial charge in [-0.05, 0) is 59.1 Å². The molecule has 0 spiro atoms. The zero-order chi connectivity index (χ0) is 16.6. The molecule has 126 valence electrons. The number of hydrogen-bond donors (Lipinski definition) is 1. The Labute approximate surface area is 134 Å². The van der Waals surface area contributed by atoms with Crippen molar-refractivity contribution >= 4 is 10.1 Å². The van der Waals surface area contributed by atoms with Gasteiger partial charge in [0, 0.05) is 6.54 Å². The number of nitrogens with one attached hydrogen (secondary N) is 1. The summed E-state index contributed by atoms with van der Waals surface area (Å²) in [6, 6.07) is 6.66. The molecule has 22 heavy (non-hydrogen) atoms. The van der Waals surface area contributed by atoms with Gasteiger partial charge in [0.05, 0.1) is 17.1 Å². The number of rotatable bonds is 9. The first-order valence-corrected chi connectivity index (χ1v) is 8.98. The van der Waals surface area contributed by atoms with Crippen molar-refractivity contribution in [2.75, 3.05) is 13.2 Å². The monoisotopic (exact) mass is 329 g/mol. The molecule has 0 atom stereocenters. The second-order valence-corrected chi connectivity index (χ2v) is 7.87. The lowest BCUT2D eigenvalue weighted by atomic mass is 10.2. The van der Waals surface area contributed by atoms with Crippen molar-refractivity contribution in [1.82, 2.24) is 5.48 Å². The lowest BCUT2D eigenvalue weighted by Crippen LogP contribution is -2.29. The molecular formula is C16H27NO4S. The van der Waals surface area contributed by atoms with Gasteiger partial charge in [-0.3, -0.25) is 9.02 Å². The van der Waals surface area contributed by atoms with Crippen LogP contribution in [0.15, 0.2) is 29.2 Å². The van der Waals surface area contributed by atoms with E-state index in [1.807, 2.05) is 27.7 Å². The molecule has 0 aliphatic carbocycles. The maximum absolute atomic E-state index is 11.9. The van der Waals surface area contributed by atoms with Gasteiger partial charge in [-0.1, -0.05) is 17.7 Å². The van der Waals surface area contributed by atoms with Gasteiger partial charge in [0.15, 0.2) is 0 Å². The summed E-state index contributed by atoms with van der Waals surface area (Å²) in [5.74, 6) is 0. The Kier molecular flexibility index (Phi) is 7.48. The van der Waals surface area contributed by atoms with Crippen molar-refractivity contribution < 1.29 is 17.4 Å². The minimum absolute atomic E-state index is 0.203. The van der Waals surface area contributed by atoms with Gasteiger partial charge in [0.1, 0.15) is 0 Å². The Morgan fingerprint density at radius 2 is 1.68 bits per heavy atom. The van der Waals surface area contributed by atoms with Crippen LogP contribution in [0, 0.1) is 6.92 Å². The van der Waals surface area contributed by atoms with Crippen molar-refractivity contribution in [2.45, 2.75) is 57.5 Å². The van der Waals surface area contributed by atoms with Crippen molar-refractivity contribution in [1.29, 1.82) is 0 Å². The van der Waals surface area contributed by atoms with Gasteiger partial charge >= 0.3 is 0 Å². The van der Waals surface area contributed by atoms with E-state index in [0.717, 1.165) is 24.9 Å². The fraction of sp³-hybridized carbons (Fsp3) is 0.625. The number of benzene rings is 1. The minimum Gasteiger partial charge on any atom is -0.296 e. The summed E-state index contributed by atoms with van der Waals surface area (Å²) in [7, 11) is -3.63. The van der Waals surface area contributed by atoms with E-state index in [9.17, 15) is 8.42 Å². The molecule has 0 unspecified atom stereocenters. The molecule has 1 aromatic carbocycles. The molecule has 6 heteroatoms. The van der Waals surface area contributed by atoms with E-state index in [1.165, 1.54) is 0 Å². The predicted octanol–water partition coefficient (Wildman–Crippen LogP) is 3.19. The van der Waals surface area contributed by atoms with E-state index in [1.54, 1.807) is 24.3 Å². The second kappa shape index (κ2) is 8.62. The molecule has 0 amide bonds. The average Bonchev–Trinajstić information content (AvgIpc) is 2.41. The standard InChI is InChI=1S/C16H27NO4S/c1-14-8-10-15(11-9-14)22(18,19)20-13-7-5-6-12-17-21-16(2,3)4/h8-11,17H,5-7,12-13H2,1-4H3. The van der Waals surface area contributed by atoms with Crippen LogP contribution in [0.2, 0.25) is 0 Å². The number of unbranched alkanes of at least 4 members (excludes halogenated alkanes) is 2. The summed E-state index contributed by atoms with van der Waals surface area (Å²) in [5.41, 5.74) is 3.72. The van der Waals surface area contributed by atoms with Gasteiger partial charge in [-0.25, -0.2) is 5.48 Å². The highest BCUT2D eigenvalue weighted by Gasteiger charge is 2.14. The molecule has 1 aromatic rings. The molecule has 0 aliphatic heterocycles. The normalized spacial score (nSPS) is 12.5. The maximum Gasteiger partial charge on any atom is 0.296 e. The lowest BCUT2D eigenvalue weighted by Gasteiger charge is -2.19. The highest BCUT2D eigenvalue weighted by Crippen LogP contribution is 2.13. The van der Waals surface area contributed by atoms with E-state index in [4.69, 9.17) is 9.02 Å². The molecule has 0 radical (unpaired) electrons. The van der Waals surface area contributed by atoms with E-state index < -0.39 is 10.1 Å². The zero-order valence-corrected chi connectivity index (χ0v) is 14.7. The van der Waals surface area contributed by atoms with E-state index in [0.29, 0.717) is 6.42 Å². The molecule has 0 saturated carbocycles. The summed E-state index contributed by atoms with van der Waals surface area (Å²) < 4.78 is 28.9. The zero-order valence-electron chi connectivity index (χ0n) is 13.9. The molecule has 0 heterocycles. The van der Waals surface area contributed by atoms with Crippen molar-refractivity contribution in [3.63, 3.8) is 0 Å². The van der Waals surface area contributed by atoms with Crippen molar-refractivity contribution in [2.24, 2.45) is 0 Å². The number of hydroxylamine groups is 1. The Balaban J connectivity index is 2.17. The minimum atomic E-state index is -3.63. The van der Waals surface area contributed by atoms with Gasteiger partial charge in [0.25, 0.3) is 10.1 Å². The van der Waals surface area contributed by atoms with Crippen LogP contribution in [-0.2, 0) is 19.1 Å². The highest BCUT2D eigenvalue weighted by atomic mass is 32.2. The van der Waals surface area contributed by atoms with Crippen LogP contribution >= 0.6 is 0 Å². The second-order valence-electron chi connectivity index (χ2n) is 6.26. The molecule has 1 rings (SSSR count). The van der Waals surface area contributed by atoms with E-state index in [-0.39, 0.29) is 17.1 Å². The summed E-state index contributed by atoms with van der Waals surface area (Å²) in [4.78, 5) is 5.59. The Morgan fingerprint density at radius 1 is 1.05 bits per heavy atom. The number of aryl methyl sites for hydroxylation is 1. The highest BCUT2D eigenvalue weighted by molar-refractivity contribution is 7.86. The van der Waals surface area contributed by atoms with Gasteiger partial charge in [-0.2, -0.15) is 8.42 Å². The Morgan fingerprint density at radius 3 is 2.27 bits per heavy atom. The molecule has 5 nitrogen and oxygen atoms in total. The third-order valence-electron chi connectivity index (χ3n) is 2.85. The van der Waals surface area contributed by atoms with Crippen LogP contribution in [0.1, 0.15) is 45.6 Å². The van der Waals surface area contributed by atoms with Gasteiger partial charge in [-0.15, -0.1) is 0 Å². The maximum atomic E-state index is 11.9. The van der Waals surface area contributed by atoms with Crippen molar-refractivity contribution in [3.8, 4) is 0 Å². The first-order valence-electron chi connectivity index (χ1n) is 7.58. The third-order valence-corrected chi connectivity index (χ3v) is 4.18. The van der Waals surface area contributed by atoms with Gasteiger partial charge in [0.2, 0.25) is 0 Å². The fourth-order valence-corrected chi connectivity index (χ4v) is 2.63. The first kappa shape index (κ1) is 19.1. The SMILES string of the molecule is Cc1ccc(S(=O)(=O)OCCCCCNOC(C)(C)C)cc1. The summed E-state index contributed by atoms with van der Waals surface area (Å²) >= 11 is 0. The first-order chi connectivity index (χ1) is 10.2. The molecule has 0 bridgehead atoms. The smallest absolute Gasteiger partial charge is 0.296 e. The fourth-order valence-electron chi connectivity index (χ4n) is 1.69. The molecular weight excluding hydrogens is 302 g/mol. The summed E-state index contributed by atoms with van der Waals surface area (Å²) in [5, 5.41) is 0. The van der Waals surface area contributed by atoms with Crippen LogP contribution in [0.3, 0.4) is 0 Å². The van der Waals surface area contributed by atoms with Crippen LogP contribution in [0.4, 0.5) is 0 Å². The van der Waals surface area contributed by atoms with E-state index >= 15 is 0 Å². The number of hydrogen-bond acceptors (Lipinski definition) is 5. The van der Waals surface area contributed by atoms with Crippen LogP contribution < -0.4 is 5.48 Å². The molecule has 0 saturated heterocycles. The molecule has 0 aliphatic rings. The molecule has 0 aromatic heterocycles. The molecule has 1 N–H and O–H groups in total. The van der Waals surface area contributed by atoms with Crippen LogP contribution in [0.25, 0.3) is 0 Å². The van der Waals surface area contributed by atoms with Crippen molar-refractivity contribution in [3.05, 3.63) is 29.8 Å². The lowest BCUT2D eigenvalue weighted by molar-refractivity contribution is -0.0726. The van der Waals surface area contributed by atoms with E-state index in [2.05, 4.69) is 5.48 Å². The average molecular weight is 329 g/mol. The predicted molar refractivity (Wildman–Crippen MR) is 87.0 cm³/mol.